The third-order valence-electron chi connectivity index (χ3n) is 3.19. The lowest BCUT2D eigenvalue weighted by Crippen LogP contribution is -2.47. The van der Waals surface area contributed by atoms with Gasteiger partial charge in [-0.1, -0.05) is 0 Å². The van der Waals surface area contributed by atoms with E-state index in [-0.39, 0.29) is 11.9 Å². The van der Waals surface area contributed by atoms with Gasteiger partial charge in [0.25, 0.3) is 0 Å². The van der Waals surface area contributed by atoms with E-state index in [2.05, 4.69) is 11.9 Å². The van der Waals surface area contributed by atoms with E-state index in [4.69, 9.17) is 5.73 Å². The highest BCUT2D eigenvalue weighted by Crippen LogP contribution is 2.16. The van der Waals surface area contributed by atoms with Crippen LogP contribution in [0.25, 0.3) is 0 Å². The molecule has 0 aromatic rings. The van der Waals surface area contributed by atoms with Crippen LogP contribution < -0.4 is 5.73 Å². The van der Waals surface area contributed by atoms with Crippen LogP contribution in [0.2, 0.25) is 0 Å². The monoisotopic (exact) mass is 213 g/mol. The summed E-state index contributed by atoms with van der Waals surface area (Å²) in [5.74, 6) is 0.0674. The Bertz CT molecular complexity index is 218. The van der Waals surface area contributed by atoms with E-state index in [1.165, 1.54) is 12.8 Å². The summed E-state index contributed by atoms with van der Waals surface area (Å²) >= 11 is 0. The molecule has 4 heteroatoms. The van der Waals surface area contributed by atoms with Crippen LogP contribution in [0.3, 0.4) is 0 Å². The lowest BCUT2D eigenvalue weighted by atomic mass is 10.2. The first kappa shape index (κ1) is 12.5. The van der Waals surface area contributed by atoms with Crippen molar-refractivity contribution in [1.82, 2.24) is 9.80 Å². The number of hydrogen-bond acceptors (Lipinski definition) is 3. The minimum absolute atomic E-state index is 0.0674. The maximum Gasteiger partial charge on any atom is 0.239 e. The summed E-state index contributed by atoms with van der Waals surface area (Å²) in [7, 11) is 2.13. The largest absolute Gasteiger partial charge is 0.340 e. The maximum absolute atomic E-state index is 11.8. The van der Waals surface area contributed by atoms with E-state index in [9.17, 15) is 4.79 Å². The first-order valence-corrected chi connectivity index (χ1v) is 5.80. The van der Waals surface area contributed by atoms with Gasteiger partial charge in [0.2, 0.25) is 5.91 Å². The standard InChI is InChI=1S/C11H23N3O/c1-4-14(11(15)9(2)12)8-10-6-5-7-13(10)3/h9-10H,4-8,12H2,1-3H3/t9-,10-/m0/s1. The lowest BCUT2D eigenvalue weighted by Gasteiger charge is -2.29. The van der Waals surface area contributed by atoms with Gasteiger partial charge in [-0.3, -0.25) is 4.79 Å². The van der Waals surface area contributed by atoms with Gasteiger partial charge in [0.1, 0.15) is 0 Å². The Morgan fingerprint density at radius 3 is 2.73 bits per heavy atom. The van der Waals surface area contributed by atoms with E-state index in [1.807, 2.05) is 11.8 Å². The summed E-state index contributed by atoms with van der Waals surface area (Å²) in [5.41, 5.74) is 5.62. The molecule has 1 aliphatic heterocycles. The van der Waals surface area contributed by atoms with Crippen LogP contribution in [0.5, 0.6) is 0 Å². The third kappa shape index (κ3) is 3.18. The number of carbonyl (C=O) groups is 1. The van der Waals surface area contributed by atoms with E-state index in [1.54, 1.807) is 6.92 Å². The van der Waals surface area contributed by atoms with Gasteiger partial charge in [-0.15, -0.1) is 0 Å². The van der Waals surface area contributed by atoms with Gasteiger partial charge in [0.05, 0.1) is 6.04 Å². The van der Waals surface area contributed by atoms with Crippen LogP contribution >= 0.6 is 0 Å². The molecule has 0 saturated carbocycles. The number of nitrogens with two attached hydrogens (primary N) is 1. The molecule has 0 aliphatic carbocycles. The van der Waals surface area contributed by atoms with E-state index < -0.39 is 0 Å². The fourth-order valence-corrected chi connectivity index (χ4v) is 2.13. The quantitative estimate of drug-likeness (QED) is 0.729. The second-order valence-electron chi connectivity index (χ2n) is 4.44. The highest BCUT2D eigenvalue weighted by atomic mass is 16.2. The lowest BCUT2D eigenvalue weighted by molar-refractivity contribution is -0.132. The Morgan fingerprint density at radius 1 is 1.67 bits per heavy atom. The molecule has 2 N–H and O–H groups in total. The van der Waals surface area contributed by atoms with Crippen molar-refractivity contribution < 1.29 is 4.79 Å². The number of nitrogens with zero attached hydrogens (tertiary/aromatic N) is 2. The number of likely N-dealkylation sites (N-methyl/N-ethyl adjacent to an activating group) is 2. The zero-order chi connectivity index (χ0) is 11.4. The number of rotatable bonds is 4. The van der Waals surface area contributed by atoms with Gasteiger partial charge in [-0.25, -0.2) is 0 Å². The Kier molecular flexibility index (Phi) is 4.54. The molecule has 1 aliphatic rings. The van der Waals surface area contributed by atoms with Crippen molar-refractivity contribution in [2.45, 2.75) is 38.8 Å². The van der Waals surface area contributed by atoms with Gasteiger partial charge < -0.3 is 15.5 Å². The van der Waals surface area contributed by atoms with Gasteiger partial charge in [0.15, 0.2) is 0 Å². The van der Waals surface area contributed by atoms with Crippen molar-refractivity contribution in [2.24, 2.45) is 5.73 Å². The zero-order valence-electron chi connectivity index (χ0n) is 10.1. The van der Waals surface area contributed by atoms with Gasteiger partial charge in [-0.05, 0) is 40.3 Å². The molecular formula is C11H23N3O. The van der Waals surface area contributed by atoms with Crippen LogP contribution in [0, 0.1) is 0 Å². The van der Waals surface area contributed by atoms with Gasteiger partial charge in [0, 0.05) is 19.1 Å². The zero-order valence-corrected chi connectivity index (χ0v) is 10.1. The van der Waals surface area contributed by atoms with Crippen LogP contribution in [-0.4, -0.2) is 54.5 Å². The average Bonchev–Trinajstić information content (AvgIpc) is 2.59. The fourth-order valence-electron chi connectivity index (χ4n) is 2.13. The molecule has 1 heterocycles. The normalized spacial score (nSPS) is 24.1. The Hall–Kier alpha value is -0.610. The van der Waals surface area contributed by atoms with Crippen LogP contribution in [0.15, 0.2) is 0 Å². The van der Waals surface area contributed by atoms with Crippen molar-refractivity contribution >= 4 is 5.91 Å². The predicted octanol–water partition coefficient (Wildman–Crippen LogP) is 0.276. The van der Waals surface area contributed by atoms with Crippen molar-refractivity contribution in [3.05, 3.63) is 0 Å². The van der Waals surface area contributed by atoms with Crippen molar-refractivity contribution in [1.29, 1.82) is 0 Å². The summed E-state index contributed by atoms with van der Waals surface area (Å²) in [4.78, 5) is 16.0. The number of hydrogen-bond donors (Lipinski definition) is 1. The van der Waals surface area contributed by atoms with Crippen LogP contribution in [0.1, 0.15) is 26.7 Å². The van der Waals surface area contributed by atoms with Crippen LogP contribution in [-0.2, 0) is 4.79 Å². The molecule has 1 saturated heterocycles. The first-order valence-electron chi connectivity index (χ1n) is 5.80. The SMILES string of the molecule is CCN(C[C@@H]1CCCN1C)C(=O)[C@H](C)N. The summed E-state index contributed by atoms with van der Waals surface area (Å²) < 4.78 is 0. The molecule has 0 bridgehead atoms. The van der Waals surface area contributed by atoms with E-state index in [0.717, 1.165) is 19.6 Å². The summed E-state index contributed by atoms with van der Waals surface area (Å²) in [6.45, 7) is 6.49. The summed E-state index contributed by atoms with van der Waals surface area (Å²) in [5, 5.41) is 0. The molecule has 0 unspecified atom stereocenters. The molecule has 0 aromatic carbocycles. The number of carbonyl (C=O) groups excluding carboxylic acids is 1. The molecule has 88 valence electrons. The summed E-state index contributed by atoms with van der Waals surface area (Å²) in [6, 6.07) is 0.143. The van der Waals surface area contributed by atoms with E-state index >= 15 is 0 Å². The second kappa shape index (κ2) is 5.47. The molecule has 2 atom stereocenters. The minimum Gasteiger partial charge on any atom is -0.340 e. The molecule has 1 amide bonds. The Morgan fingerprint density at radius 2 is 2.33 bits per heavy atom. The smallest absolute Gasteiger partial charge is 0.239 e. The van der Waals surface area contributed by atoms with Crippen LogP contribution in [0.4, 0.5) is 0 Å². The Balaban J connectivity index is 2.49. The molecule has 1 rings (SSSR count). The van der Waals surface area contributed by atoms with E-state index in [0.29, 0.717) is 6.04 Å². The third-order valence-corrected chi connectivity index (χ3v) is 3.19. The van der Waals surface area contributed by atoms with Crippen molar-refractivity contribution in [3.8, 4) is 0 Å². The van der Waals surface area contributed by atoms with Gasteiger partial charge in [-0.2, -0.15) is 0 Å². The van der Waals surface area contributed by atoms with Crippen molar-refractivity contribution in [2.75, 3.05) is 26.7 Å². The number of likely N-dealkylation sites (tertiary alicyclic amines) is 1. The first-order chi connectivity index (χ1) is 7.06. The maximum atomic E-state index is 11.8. The number of amides is 1. The van der Waals surface area contributed by atoms with Gasteiger partial charge >= 0.3 is 0 Å². The topological polar surface area (TPSA) is 49.6 Å². The predicted molar refractivity (Wildman–Crippen MR) is 61.6 cm³/mol. The molecule has 0 spiro atoms. The average molecular weight is 213 g/mol. The highest BCUT2D eigenvalue weighted by Gasteiger charge is 2.25. The summed E-state index contributed by atoms with van der Waals surface area (Å²) in [6.07, 6.45) is 2.43. The molecule has 0 aromatic heterocycles. The highest BCUT2D eigenvalue weighted by molar-refractivity contribution is 5.81. The second-order valence-corrected chi connectivity index (χ2v) is 4.44. The fraction of sp³-hybridized carbons (Fsp3) is 0.909. The molecule has 0 radical (unpaired) electrons. The molecule has 1 fully saturated rings. The molecule has 4 nitrogen and oxygen atoms in total. The molecular weight excluding hydrogens is 190 g/mol. The molecule has 15 heavy (non-hydrogen) atoms. The Labute approximate surface area is 92.4 Å². The van der Waals surface area contributed by atoms with Crippen molar-refractivity contribution in [3.63, 3.8) is 0 Å². The minimum atomic E-state index is -0.378.